The lowest BCUT2D eigenvalue weighted by Crippen LogP contribution is -2.43. The van der Waals surface area contributed by atoms with Crippen LogP contribution in [0.4, 0.5) is 0 Å². The predicted molar refractivity (Wildman–Crippen MR) is 79.2 cm³/mol. The van der Waals surface area contributed by atoms with Crippen LogP contribution in [0.15, 0.2) is 24.0 Å². The van der Waals surface area contributed by atoms with E-state index in [1.807, 2.05) is 12.4 Å². The van der Waals surface area contributed by atoms with E-state index >= 15 is 0 Å². The molecule has 1 aliphatic rings. The van der Waals surface area contributed by atoms with E-state index in [2.05, 4.69) is 40.1 Å². The van der Waals surface area contributed by atoms with Gasteiger partial charge in [0.2, 0.25) is 0 Å². The molecule has 0 bridgehead atoms. The molecule has 0 unspecified atom stereocenters. The summed E-state index contributed by atoms with van der Waals surface area (Å²) in [7, 11) is 0. The maximum absolute atomic E-state index is 4.24. The Balaban J connectivity index is 1.59. The number of nitrogens with one attached hydrogen (secondary N) is 2. The van der Waals surface area contributed by atoms with Gasteiger partial charge in [0.05, 0.1) is 0 Å². The van der Waals surface area contributed by atoms with Gasteiger partial charge in [0, 0.05) is 37.9 Å². The quantitative estimate of drug-likeness (QED) is 0.770. The van der Waals surface area contributed by atoms with E-state index < -0.39 is 0 Å². The monoisotopic (exact) mass is 262 g/mol. The van der Waals surface area contributed by atoms with Crippen LogP contribution in [0.2, 0.25) is 0 Å². The number of aromatic nitrogens is 2. The number of allylic oxidation sites excluding steroid dienone is 1. The molecule has 1 aliphatic heterocycles. The molecule has 2 rings (SSSR count). The van der Waals surface area contributed by atoms with Gasteiger partial charge in [-0.2, -0.15) is 0 Å². The zero-order chi connectivity index (χ0) is 13.5. The number of hydrogen-bond acceptors (Lipinski definition) is 3. The largest absolute Gasteiger partial charge is 0.349 e. The number of piperidine rings is 1. The van der Waals surface area contributed by atoms with Crippen molar-refractivity contribution in [3.8, 4) is 0 Å². The van der Waals surface area contributed by atoms with Crippen molar-refractivity contribution in [3.63, 3.8) is 0 Å². The van der Waals surface area contributed by atoms with E-state index in [1.54, 1.807) is 0 Å². The van der Waals surface area contributed by atoms with E-state index in [0.717, 1.165) is 25.3 Å². The highest BCUT2D eigenvalue weighted by molar-refractivity contribution is 4.95. The van der Waals surface area contributed by atoms with Gasteiger partial charge >= 0.3 is 0 Å². The molecule has 0 saturated carbocycles. The van der Waals surface area contributed by atoms with Crippen molar-refractivity contribution in [2.24, 2.45) is 0 Å². The molecule has 0 aliphatic carbocycles. The molecule has 4 nitrogen and oxygen atoms in total. The minimum Gasteiger partial charge on any atom is -0.349 e. The summed E-state index contributed by atoms with van der Waals surface area (Å²) in [6.45, 7) is 8.89. The van der Waals surface area contributed by atoms with Crippen molar-refractivity contribution >= 4 is 0 Å². The number of imidazole rings is 1. The molecule has 0 atom stereocenters. The highest BCUT2D eigenvalue weighted by atomic mass is 15.1. The van der Waals surface area contributed by atoms with Crippen molar-refractivity contribution in [1.82, 2.24) is 20.2 Å². The fraction of sp³-hybridized carbons (Fsp3) is 0.667. The average molecular weight is 262 g/mol. The van der Waals surface area contributed by atoms with E-state index in [-0.39, 0.29) is 0 Å². The Morgan fingerprint density at radius 3 is 2.89 bits per heavy atom. The lowest BCUT2D eigenvalue weighted by molar-refractivity contribution is 0.215. The Hall–Kier alpha value is -1.13. The first-order valence-corrected chi connectivity index (χ1v) is 7.31. The van der Waals surface area contributed by atoms with Gasteiger partial charge in [0.1, 0.15) is 5.82 Å². The van der Waals surface area contributed by atoms with Crippen molar-refractivity contribution < 1.29 is 0 Å². The van der Waals surface area contributed by atoms with Gasteiger partial charge in [-0.25, -0.2) is 4.98 Å². The summed E-state index contributed by atoms with van der Waals surface area (Å²) in [6, 6.07) is 0.679. The third-order valence-electron chi connectivity index (χ3n) is 3.69. The summed E-state index contributed by atoms with van der Waals surface area (Å²) in [5.41, 5.74) is 1.42. The molecule has 1 saturated heterocycles. The number of hydrogen-bond donors (Lipinski definition) is 2. The molecule has 2 heterocycles. The molecular formula is C15H26N4. The van der Waals surface area contributed by atoms with Crippen LogP contribution >= 0.6 is 0 Å². The zero-order valence-corrected chi connectivity index (χ0v) is 12.2. The first kappa shape index (κ1) is 14.3. The standard InChI is InChI=1S/C15H26N4/c1-13(2)4-10-19-11-5-14(6-12-19)16-7-3-15-17-8-9-18-15/h4,8-9,14,16H,3,5-7,10-12H2,1-2H3,(H,17,18). The highest BCUT2D eigenvalue weighted by Crippen LogP contribution is 2.10. The summed E-state index contributed by atoms with van der Waals surface area (Å²) in [4.78, 5) is 9.92. The van der Waals surface area contributed by atoms with Gasteiger partial charge in [-0.3, -0.25) is 4.90 Å². The average Bonchev–Trinajstić information content (AvgIpc) is 2.91. The highest BCUT2D eigenvalue weighted by Gasteiger charge is 2.17. The fourth-order valence-corrected chi connectivity index (χ4v) is 2.46. The van der Waals surface area contributed by atoms with E-state index in [1.165, 1.54) is 31.5 Å². The first-order valence-electron chi connectivity index (χ1n) is 7.31. The molecular weight excluding hydrogens is 236 g/mol. The molecule has 0 radical (unpaired) electrons. The van der Waals surface area contributed by atoms with E-state index in [9.17, 15) is 0 Å². The predicted octanol–water partition coefficient (Wildman–Crippen LogP) is 1.97. The molecule has 1 fully saturated rings. The Morgan fingerprint density at radius 2 is 2.26 bits per heavy atom. The smallest absolute Gasteiger partial charge is 0.107 e. The summed E-state index contributed by atoms with van der Waals surface area (Å²) in [5.74, 6) is 1.08. The van der Waals surface area contributed by atoms with Crippen LogP contribution in [-0.2, 0) is 6.42 Å². The van der Waals surface area contributed by atoms with Gasteiger partial charge in [0.25, 0.3) is 0 Å². The van der Waals surface area contributed by atoms with Crippen LogP contribution in [0.1, 0.15) is 32.5 Å². The summed E-state index contributed by atoms with van der Waals surface area (Å²) >= 11 is 0. The van der Waals surface area contributed by atoms with Gasteiger partial charge < -0.3 is 10.3 Å². The third kappa shape index (κ3) is 5.17. The van der Waals surface area contributed by atoms with Crippen molar-refractivity contribution in [1.29, 1.82) is 0 Å². The molecule has 0 amide bonds. The van der Waals surface area contributed by atoms with E-state index in [0.29, 0.717) is 6.04 Å². The van der Waals surface area contributed by atoms with Crippen LogP contribution in [0.3, 0.4) is 0 Å². The summed E-state index contributed by atoms with van der Waals surface area (Å²) in [5, 5.41) is 3.64. The van der Waals surface area contributed by atoms with Gasteiger partial charge in [-0.1, -0.05) is 11.6 Å². The second kappa shape index (κ2) is 7.46. The molecule has 4 heteroatoms. The number of H-pyrrole nitrogens is 1. The van der Waals surface area contributed by atoms with E-state index in [4.69, 9.17) is 0 Å². The molecule has 1 aromatic rings. The molecule has 19 heavy (non-hydrogen) atoms. The topological polar surface area (TPSA) is 44.0 Å². The number of likely N-dealkylation sites (tertiary alicyclic amines) is 1. The maximum Gasteiger partial charge on any atom is 0.107 e. The second-order valence-corrected chi connectivity index (χ2v) is 5.60. The zero-order valence-electron chi connectivity index (χ0n) is 12.2. The van der Waals surface area contributed by atoms with Crippen LogP contribution in [0.25, 0.3) is 0 Å². The Kier molecular flexibility index (Phi) is 5.61. The van der Waals surface area contributed by atoms with Gasteiger partial charge in [0.15, 0.2) is 0 Å². The molecule has 106 valence electrons. The van der Waals surface area contributed by atoms with Crippen LogP contribution in [0, 0.1) is 0 Å². The van der Waals surface area contributed by atoms with Gasteiger partial charge in [-0.15, -0.1) is 0 Å². The Bertz CT molecular complexity index is 371. The van der Waals surface area contributed by atoms with Crippen LogP contribution in [-0.4, -0.2) is 47.1 Å². The molecule has 2 N–H and O–H groups in total. The third-order valence-corrected chi connectivity index (χ3v) is 3.69. The van der Waals surface area contributed by atoms with Crippen molar-refractivity contribution in [2.45, 2.75) is 39.2 Å². The SMILES string of the molecule is CC(C)=CCN1CCC(NCCc2ncc[nH]2)CC1. The fourth-order valence-electron chi connectivity index (χ4n) is 2.46. The minimum atomic E-state index is 0.679. The Labute approximate surface area is 116 Å². The van der Waals surface area contributed by atoms with Gasteiger partial charge in [-0.05, 0) is 39.8 Å². The summed E-state index contributed by atoms with van der Waals surface area (Å²) in [6.07, 6.45) is 9.53. The maximum atomic E-state index is 4.24. The Morgan fingerprint density at radius 1 is 1.47 bits per heavy atom. The summed E-state index contributed by atoms with van der Waals surface area (Å²) < 4.78 is 0. The molecule has 1 aromatic heterocycles. The number of aromatic amines is 1. The lowest BCUT2D eigenvalue weighted by atomic mass is 10.0. The van der Waals surface area contributed by atoms with Crippen molar-refractivity contribution in [3.05, 3.63) is 29.9 Å². The number of nitrogens with zero attached hydrogens (tertiary/aromatic N) is 2. The van der Waals surface area contributed by atoms with Crippen LogP contribution in [0.5, 0.6) is 0 Å². The minimum absolute atomic E-state index is 0.679. The molecule has 0 spiro atoms. The molecule has 0 aromatic carbocycles. The number of rotatable bonds is 6. The lowest BCUT2D eigenvalue weighted by Gasteiger charge is -2.31. The van der Waals surface area contributed by atoms with Crippen LogP contribution < -0.4 is 5.32 Å². The normalized spacial score (nSPS) is 17.6. The first-order chi connectivity index (χ1) is 9.24. The van der Waals surface area contributed by atoms with Crippen molar-refractivity contribution in [2.75, 3.05) is 26.2 Å². The second-order valence-electron chi connectivity index (χ2n) is 5.60.